The minimum Gasteiger partial charge on any atom is -0.493 e. The zero-order chi connectivity index (χ0) is 16.9. The van der Waals surface area contributed by atoms with E-state index in [4.69, 9.17) is 9.47 Å². The van der Waals surface area contributed by atoms with E-state index in [0.717, 1.165) is 11.3 Å². The van der Waals surface area contributed by atoms with Crippen molar-refractivity contribution in [1.29, 1.82) is 0 Å². The molecule has 8 heteroatoms. The number of thiophene rings is 1. The van der Waals surface area contributed by atoms with E-state index in [2.05, 4.69) is 4.72 Å². The number of ether oxygens (including phenoxy) is 2. The Morgan fingerprint density at radius 1 is 1.17 bits per heavy atom. The summed E-state index contributed by atoms with van der Waals surface area (Å²) in [5.41, 5.74) is 0. The molecule has 0 saturated carbocycles. The molecular formula is C15H17NO5S2. The van der Waals surface area contributed by atoms with Crippen LogP contribution in [0.3, 0.4) is 0 Å². The Bertz CT molecular complexity index is 783. The quantitative estimate of drug-likeness (QED) is 0.608. The summed E-state index contributed by atoms with van der Waals surface area (Å²) in [6.45, 7) is 1.49. The lowest BCUT2D eigenvalue weighted by Crippen LogP contribution is -2.31. The van der Waals surface area contributed by atoms with Gasteiger partial charge in [0.15, 0.2) is 11.5 Å². The minimum absolute atomic E-state index is 0.180. The molecule has 0 aliphatic heterocycles. The monoisotopic (exact) mass is 355 g/mol. The second-order valence-corrected chi connectivity index (χ2v) is 7.69. The molecule has 0 radical (unpaired) electrons. The molecule has 0 aliphatic carbocycles. The van der Waals surface area contributed by atoms with Crippen molar-refractivity contribution in [2.24, 2.45) is 0 Å². The van der Waals surface area contributed by atoms with Crippen LogP contribution in [-0.4, -0.2) is 28.0 Å². The number of rotatable bonds is 7. The van der Waals surface area contributed by atoms with E-state index < -0.39 is 22.5 Å². The molecule has 23 heavy (non-hydrogen) atoms. The smallest absolute Gasteiger partial charge is 0.326 e. The number of carbonyl (C=O) groups is 1. The number of aryl methyl sites for hydroxylation is 1. The molecule has 0 amide bonds. The highest BCUT2D eigenvalue weighted by Gasteiger charge is 2.19. The highest BCUT2D eigenvalue weighted by atomic mass is 32.2. The first kappa shape index (κ1) is 17.5. The van der Waals surface area contributed by atoms with E-state index in [9.17, 15) is 13.2 Å². The maximum absolute atomic E-state index is 12.1. The van der Waals surface area contributed by atoms with Gasteiger partial charge >= 0.3 is 5.97 Å². The lowest BCUT2D eigenvalue weighted by atomic mass is 10.3. The Balaban J connectivity index is 1.98. The summed E-state index contributed by atoms with van der Waals surface area (Å²) >= 11 is 1.18. The number of nitrogens with one attached hydrogen (secondary N) is 1. The summed E-state index contributed by atoms with van der Waals surface area (Å²) in [4.78, 5) is 12.8. The van der Waals surface area contributed by atoms with Gasteiger partial charge in [0.1, 0.15) is 10.8 Å². The topological polar surface area (TPSA) is 81.7 Å². The maximum atomic E-state index is 12.1. The molecule has 2 aromatic rings. The average Bonchev–Trinajstić information content (AvgIpc) is 3.03. The molecule has 0 atom stereocenters. The molecule has 6 nitrogen and oxygen atoms in total. The van der Waals surface area contributed by atoms with Gasteiger partial charge in [-0.2, -0.15) is 4.72 Å². The highest BCUT2D eigenvalue weighted by Crippen LogP contribution is 2.26. The fourth-order valence-electron chi connectivity index (χ4n) is 1.78. The zero-order valence-corrected chi connectivity index (χ0v) is 14.4. The Morgan fingerprint density at radius 2 is 1.87 bits per heavy atom. The molecule has 0 spiro atoms. The second kappa shape index (κ2) is 7.58. The Kier molecular flexibility index (Phi) is 5.75. The summed E-state index contributed by atoms with van der Waals surface area (Å²) < 4.78 is 36.8. The van der Waals surface area contributed by atoms with Crippen molar-refractivity contribution < 1.29 is 22.7 Å². The van der Waals surface area contributed by atoms with Crippen LogP contribution in [0.4, 0.5) is 0 Å². The zero-order valence-electron chi connectivity index (χ0n) is 12.7. The van der Waals surface area contributed by atoms with Gasteiger partial charge in [0.05, 0.1) is 7.11 Å². The number of para-hydroxylation sites is 2. The van der Waals surface area contributed by atoms with Crippen LogP contribution in [0, 0.1) is 0 Å². The van der Waals surface area contributed by atoms with Crippen LogP contribution < -0.4 is 14.2 Å². The summed E-state index contributed by atoms with van der Waals surface area (Å²) in [5, 5.41) is 0. The van der Waals surface area contributed by atoms with Crippen molar-refractivity contribution in [3.63, 3.8) is 0 Å². The van der Waals surface area contributed by atoms with Crippen LogP contribution in [0.2, 0.25) is 0 Å². The molecule has 1 aromatic heterocycles. The third-order valence-electron chi connectivity index (χ3n) is 2.95. The van der Waals surface area contributed by atoms with E-state index in [1.54, 1.807) is 30.3 Å². The number of carbonyl (C=O) groups excluding carboxylic acids is 1. The number of hydrogen-bond donors (Lipinski definition) is 1. The molecule has 0 unspecified atom stereocenters. The molecule has 0 saturated heterocycles. The molecular weight excluding hydrogens is 338 g/mol. The summed E-state index contributed by atoms with van der Waals surface area (Å²) in [7, 11) is -2.26. The van der Waals surface area contributed by atoms with E-state index in [1.807, 2.05) is 6.92 Å². The van der Waals surface area contributed by atoms with Gasteiger partial charge in [-0.25, -0.2) is 8.42 Å². The first-order valence-corrected chi connectivity index (χ1v) is 9.18. The predicted octanol–water partition coefficient (Wildman–Crippen LogP) is 2.20. The SMILES string of the molecule is CCc1ccc(S(=O)(=O)NCC(=O)Oc2ccccc2OC)s1. The van der Waals surface area contributed by atoms with E-state index in [0.29, 0.717) is 5.75 Å². The standard InChI is InChI=1S/C15H17NO5S2/c1-3-11-8-9-15(22-11)23(18,19)16-10-14(17)21-13-7-5-4-6-12(13)20-2/h4-9,16H,3,10H2,1-2H3. The Morgan fingerprint density at radius 3 is 2.48 bits per heavy atom. The van der Waals surface area contributed by atoms with Gasteiger partial charge in [0, 0.05) is 4.88 Å². The third kappa shape index (κ3) is 4.54. The summed E-state index contributed by atoms with van der Waals surface area (Å²) in [6, 6.07) is 9.92. The molecule has 0 bridgehead atoms. The van der Waals surface area contributed by atoms with Gasteiger partial charge in [-0.1, -0.05) is 19.1 Å². The second-order valence-electron chi connectivity index (χ2n) is 4.52. The van der Waals surface area contributed by atoms with E-state index in [-0.39, 0.29) is 9.96 Å². The van der Waals surface area contributed by atoms with Crippen LogP contribution in [-0.2, 0) is 21.2 Å². The number of methoxy groups -OCH3 is 1. The molecule has 124 valence electrons. The fraction of sp³-hybridized carbons (Fsp3) is 0.267. The molecule has 0 aliphatic rings. The van der Waals surface area contributed by atoms with E-state index in [1.165, 1.54) is 24.5 Å². The molecule has 2 rings (SSSR count). The van der Waals surface area contributed by atoms with Crippen molar-refractivity contribution in [3.8, 4) is 11.5 Å². The molecule has 0 fully saturated rings. The van der Waals surface area contributed by atoms with Crippen molar-refractivity contribution in [3.05, 3.63) is 41.3 Å². The summed E-state index contributed by atoms with van der Waals surface area (Å²) in [5.74, 6) is -0.0801. The third-order valence-corrected chi connectivity index (χ3v) is 6.07. The van der Waals surface area contributed by atoms with Gasteiger partial charge in [-0.05, 0) is 30.7 Å². The van der Waals surface area contributed by atoms with Gasteiger partial charge in [0.2, 0.25) is 0 Å². The van der Waals surface area contributed by atoms with Crippen LogP contribution in [0.25, 0.3) is 0 Å². The fourth-order valence-corrected chi connectivity index (χ4v) is 4.09. The van der Waals surface area contributed by atoms with Crippen LogP contribution in [0.1, 0.15) is 11.8 Å². The maximum Gasteiger partial charge on any atom is 0.326 e. The van der Waals surface area contributed by atoms with Gasteiger partial charge in [-0.15, -0.1) is 11.3 Å². The number of sulfonamides is 1. The minimum atomic E-state index is -3.72. The van der Waals surface area contributed by atoms with Crippen LogP contribution in [0.5, 0.6) is 11.5 Å². The van der Waals surface area contributed by atoms with Crippen molar-refractivity contribution in [1.82, 2.24) is 4.72 Å². The summed E-state index contributed by atoms with van der Waals surface area (Å²) in [6.07, 6.45) is 0.760. The van der Waals surface area contributed by atoms with Gasteiger partial charge in [0.25, 0.3) is 10.0 Å². The Hall–Kier alpha value is -1.90. The van der Waals surface area contributed by atoms with Crippen molar-refractivity contribution >= 4 is 27.3 Å². The van der Waals surface area contributed by atoms with Gasteiger partial charge in [-0.3, -0.25) is 4.79 Å². The lowest BCUT2D eigenvalue weighted by molar-refractivity contribution is -0.133. The molecule has 1 N–H and O–H groups in total. The first-order valence-electron chi connectivity index (χ1n) is 6.88. The molecule has 1 aromatic carbocycles. The number of hydrogen-bond acceptors (Lipinski definition) is 6. The van der Waals surface area contributed by atoms with Gasteiger partial charge < -0.3 is 9.47 Å². The first-order chi connectivity index (χ1) is 11.0. The van der Waals surface area contributed by atoms with E-state index >= 15 is 0 Å². The average molecular weight is 355 g/mol. The van der Waals surface area contributed by atoms with Crippen LogP contribution in [0.15, 0.2) is 40.6 Å². The normalized spacial score (nSPS) is 11.2. The highest BCUT2D eigenvalue weighted by molar-refractivity contribution is 7.91. The van der Waals surface area contributed by atoms with Crippen LogP contribution >= 0.6 is 11.3 Å². The number of benzene rings is 1. The number of esters is 1. The lowest BCUT2D eigenvalue weighted by Gasteiger charge is -2.09. The molecule has 1 heterocycles. The predicted molar refractivity (Wildman–Crippen MR) is 87.5 cm³/mol. The largest absolute Gasteiger partial charge is 0.493 e. The Labute approximate surface area is 139 Å². The van der Waals surface area contributed by atoms with Crippen molar-refractivity contribution in [2.75, 3.05) is 13.7 Å². The van der Waals surface area contributed by atoms with Crippen molar-refractivity contribution in [2.45, 2.75) is 17.6 Å².